The fourth-order valence-electron chi connectivity index (χ4n) is 13.0. The first-order valence-corrected chi connectivity index (χ1v) is 47.3. The molecular formula is C96H147N15O29. The van der Waals surface area contributed by atoms with Crippen molar-refractivity contribution in [2.45, 2.75) is 221 Å². The van der Waals surface area contributed by atoms with Gasteiger partial charge in [0.2, 0.25) is 23.6 Å². The van der Waals surface area contributed by atoms with Crippen molar-refractivity contribution in [3.05, 3.63) is 118 Å². The quantitative estimate of drug-likeness (QED) is 0.00476. The lowest BCUT2D eigenvalue weighted by Gasteiger charge is -2.24. The summed E-state index contributed by atoms with van der Waals surface area (Å²) in [6.07, 6.45) is 9.72. The number of imide groups is 2. The Morgan fingerprint density at radius 3 is 1.08 bits per heavy atom. The van der Waals surface area contributed by atoms with Crippen LogP contribution in [-0.4, -0.2) is 265 Å². The van der Waals surface area contributed by atoms with Crippen LogP contribution in [0.4, 0.5) is 45.8 Å². The molecule has 3 aromatic rings. The number of ether oxygens (including phenoxy) is 11. The molecule has 0 fully saturated rings. The first-order valence-electron chi connectivity index (χ1n) is 47.3. The maximum absolute atomic E-state index is 13.6. The lowest BCUT2D eigenvalue weighted by Crippen LogP contribution is -2.45. The fourth-order valence-corrected chi connectivity index (χ4v) is 13.0. The average Bonchev–Trinajstić information content (AvgIpc) is 1.10. The van der Waals surface area contributed by atoms with E-state index in [4.69, 9.17) is 69.3 Å². The summed E-state index contributed by atoms with van der Waals surface area (Å²) in [5, 5.41) is 35.0. The average molecular weight is 1980 g/mol. The molecule has 0 saturated carbocycles. The third kappa shape index (κ3) is 58.3. The first-order chi connectivity index (χ1) is 66.6. The van der Waals surface area contributed by atoms with Gasteiger partial charge in [0.15, 0.2) is 11.6 Å². The predicted molar refractivity (Wildman–Crippen MR) is 515 cm³/mol. The van der Waals surface area contributed by atoms with E-state index in [1.165, 1.54) is 48.6 Å². The number of hydrogen-bond donors (Lipinski definition) is 12. The molecule has 0 aromatic heterocycles. The smallest absolute Gasteiger partial charge is 0.445 e. The molecule has 5 rings (SSSR count). The van der Waals surface area contributed by atoms with Crippen molar-refractivity contribution in [3.63, 3.8) is 0 Å². The van der Waals surface area contributed by atoms with E-state index in [1.807, 2.05) is 20.8 Å². The molecule has 0 bridgehead atoms. The summed E-state index contributed by atoms with van der Waals surface area (Å²) in [6, 6.07) is 14.9. The molecule has 44 nitrogen and oxygen atoms in total. The number of carbonyl (C=O) groups is 16. The number of non-ortho nitro benzene ring substituents is 1. The molecule has 15 N–H and O–H groups in total. The number of nitro groups is 1. The number of hydrogen-bond acceptors (Lipinski definition) is 30. The Bertz CT molecular complexity index is 4350. The molecule has 44 heteroatoms. The predicted octanol–water partition coefficient (Wildman–Crippen LogP) is 9.05. The van der Waals surface area contributed by atoms with Crippen molar-refractivity contribution in [2.75, 3.05) is 142 Å². The van der Waals surface area contributed by atoms with Crippen LogP contribution in [0, 0.1) is 33.8 Å². The van der Waals surface area contributed by atoms with Gasteiger partial charge in [-0.3, -0.25) is 67.9 Å². The zero-order chi connectivity index (χ0) is 104. The van der Waals surface area contributed by atoms with Gasteiger partial charge < -0.3 is 117 Å². The molecule has 0 spiro atoms. The van der Waals surface area contributed by atoms with E-state index in [-0.39, 0.29) is 148 Å². The van der Waals surface area contributed by atoms with E-state index in [0.717, 1.165) is 22.6 Å². The molecule has 2 aliphatic heterocycles. The van der Waals surface area contributed by atoms with Crippen molar-refractivity contribution >= 4 is 112 Å². The van der Waals surface area contributed by atoms with E-state index in [0.29, 0.717) is 192 Å². The number of unbranched alkanes of at least 4 members (excludes halogenated alkanes) is 4. The topological polar surface area (TPSA) is 611 Å². The minimum atomic E-state index is -1.02. The number of nitrogens with one attached hydrogen (secondary N) is 9. The highest BCUT2D eigenvalue weighted by atomic mass is 16.7. The Labute approximate surface area is 818 Å². The van der Waals surface area contributed by atoms with Crippen LogP contribution < -0.4 is 69.8 Å². The van der Waals surface area contributed by atoms with Crippen LogP contribution in [-0.2, 0) is 109 Å². The molecule has 0 aliphatic carbocycles. The molecular weight excluding hydrogens is 1830 g/mol. The van der Waals surface area contributed by atoms with Crippen molar-refractivity contribution in [2.24, 2.45) is 40.9 Å². The van der Waals surface area contributed by atoms with Gasteiger partial charge in [0, 0.05) is 158 Å². The van der Waals surface area contributed by atoms with Crippen molar-refractivity contribution < 1.29 is 134 Å². The summed E-state index contributed by atoms with van der Waals surface area (Å²) in [5.41, 5.74) is 16.6. The molecule has 0 unspecified atom stereocenters. The van der Waals surface area contributed by atoms with E-state index < -0.39 is 88.4 Å². The van der Waals surface area contributed by atoms with Gasteiger partial charge >= 0.3 is 36.5 Å². The van der Waals surface area contributed by atoms with Gasteiger partial charge in [-0.05, 0) is 184 Å². The third-order valence-corrected chi connectivity index (χ3v) is 20.1. The van der Waals surface area contributed by atoms with E-state index in [1.54, 1.807) is 97.0 Å². The minimum absolute atomic E-state index is 0.00871. The number of carbonyl (C=O) groups excluding carboxylic acids is 16. The van der Waals surface area contributed by atoms with Gasteiger partial charge in [-0.25, -0.2) is 28.8 Å². The monoisotopic (exact) mass is 1970 g/mol. The molecule has 0 radical (unpaired) electrons. The number of benzene rings is 3. The van der Waals surface area contributed by atoms with Crippen LogP contribution in [0.2, 0.25) is 0 Å². The highest BCUT2D eigenvalue weighted by Gasteiger charge is 2.33. The Balaban J connectivity index is 0.000000600. The van der Waals surface area contributed by atoms with E-state index in [2.05, 4.69) is 47.9 Å². The van der Waals surface area contributed by atoms with Crippen LogP contribution in [0.5, 0.6) is 5.75 Å². The number of Topliss-reactive ketones (excluding diaryl/α,β-unsaturated/α-hetero) is 2. The maximum atomic E-state index is 13.6. The van der Waals surface area contributed by atoms with Crippen LogP contribution >= 0.6 is 0 Å². The summed E-state index contributed by atoms with van der Waals surface area (Å²) in [6.45, 7) is 26.9. The Hall–Kier alpha value is -12.6. The first kappa shape index (κ1) is 122. The number of nitro benzene ring substituents is 1. The summed E-state index contributed by atoms with van der Waals surface area (Å²) in [5.74, 6) is -5.61. The van der Waals surface area contributed by atoms with Gasteiger partial charge in [0.05, 0.1) is 69.9 Å². The molecule has 3 aromatic carbocycles. The molecule has 140 heavy (non-hydrogen) atoms. The third-order valence-electron chi connectivity index (χ3n) is 20.1. The number of amides is 15. The number of nitrogens with two attached hydrogens (primary N) is 3. The Morgan fingerprint density at radius 2 is 0.743 bits per heavy atom. The number of rotatable bonds is 67. The Morgan fingerprint density at radius 1 is 0.407 bits per heavy atom. The lowest BCUT2D eigenvalue weighted by molar-refractivity contribution is -0.384. The molecule has 2 aliphatic rings. The van der Waals surface area contributed by atoms with Gasteiger partial charge in [-0.15, -0.1) is 0 Å². The normalized spacial score (nSPS) is 13.0. The zero-order valence-corrected chi connectivity index (χ0v) is 82.4. The molecule has 15 amide bonds. The van der Waals surface area contributed by atoms with E-state index in [9.17, 15) is 86.8 Å². The number of primary amides is 2. The molecule has 780 valence electrons. The minimum Gasteiger partial charge on any atom is -0.445 e. The van der Waals surface area contributed by atoms with Crippen LogP contribution in [0.1, 0.15) is 196 Å². The van der Waals surface area contributed by atoms with Crippen LogP contribution in [0.15, 0.2) is 97.1 Å². The van der Waals surface area contributed by atoms with Gasteiger partial charge in [0.25, 0.3) is 29.3 Å². The van der Waals surface area contributed by atoms with Crippen molar-refractivity contribution in [3.8, 4) is 5.75 Å². The highest BCUT2D eigenvalue weighted by molar-refractivity contribution is 6.13. The molecule has 4 atom stereocenters. The summed E-state index contributed by atoms with van der Waals surface area (Å²) in [4.78, 5) is 209. The molecule has 2 heterocycles. The van der Waals surface area contributed by atoms with Crippen LogP contribution in [0.25, 0.3) is 0 Å². The summed E-state index contributed by atoms with van der Waals surface area (Å²) >= 11 is 0. The number of urea groups is 2. The lowest BCUT2D eigenvalue weighted by atomic mass is 9.89. The SMILES string of the molecule is CC(C)(C)OC(=O)NCCCOCCOCCOCCCN.CC(C)[C@H](NC(=O)CCCCCN1C(=O)C=CC1=O)C(=O)C[C@@H](CCCNC(N)=O)C(=O)Nc1ccc(COC(=O)NCCCOCCOCCOCCCNC(=O)OC(C)(C)C)cc1.CC(C)[C@H](NC(=O)CCCCCN1C(=O)C=CC1=O)C(=O)C[C@@H](CCCNC(N)=O)C(=O)Nc1ccc(COC(=O)Oc2ccc([N+](=O)[O-])cc2)cc1. The summed E-state index contributed by atoms with van der Waals surface area (Å²) < 4.78 is 58.2. The standard InChI is InChI=1S/C45H71N7O13.C36H44N6O11.C15H32N2O5/c1-32(2)40(51-37(54)13-7-6-8-23-52-38(55)18-19-39(52)56)36(53)30-34(12-9-20-47-42(46)58)41(57)50-35-16-14-33(15-17-35)31-64-43(59)48-21-10-24-61-26-28-63-29-27-62-25-11-22-49-44(60)65-45(3,4)5;1-23(2)33(40-30(44)8-4-3-5-20-41-31(45)17-18-32(41)46)29(43)21-25(7-6-19-38-35(37)48)34(47)39-26-11-9-24(10-12-26)22-52-36(49)53-28-15-13-27(14-16-28)42(50)51;1-15(2,3)22-14(18)17-7-5-9-20-11-13-21-12-10-19-8-4-6-16/h14-19,32,34,40H,6-13,20-31H2,1-5H3,(H,48,59)(H,49,60)(H,50,57)(H,51,54)(H3,46,47,58);9-18,23,25,33H,3-8,19-22H2,1-2H3,(H,39,47)(H,40,44)(H3,37,38,48);4-13,16H2,1-3H3,(H,17,18)/t34-,40+;25-,33+;/m11./s1. The van der Waals surface area contributed by atoms with Gasteiger partial charge in [0.1, 0.15) is 30.2 Å². The van der Waals surface area contributed by atoms with Crippen LogP contribution in [0.3, 0.4) is 0 Å². The van der Waals surface area contributed by atoms with Gasteiger partial charge in [-0.1, -0.05) is 64.8 Å². The molecule has 0 saturated heterocycles. The number of alkyl carbamates (subject to hydrolysis) is 3. The second-order valence-electron chi connectivity index (χ2n) is 35.1. The van der Waals surface area contributed by atoms with Crippen molar-refractivity contribution in [1.29, 1.82) is 0 Å². The van der Waals surface area contributed by atoms with Gasteiger partial charge in [-0.2, -0.15) is 0 Å². The fraction of sp³-hybridized carbons (Fsp3) is 0.604. The Kier molecular flexibility index (Phi) is 60.8. The van der Waals surface area contributed by atoms with Crippen molar-refractivity contribution in [1.82, 2.24) is 47.0 Å². The van der Waals surface area contributed by atoms with E-state index >= 15 is 0 Å². The maximum Gasteiger partial charge on any atom is 0.514 e. The largest absolute Gasteiger partial charge is 0.514 e. The second-order valence-corrected chi connectivity index (χ2v) is 35.1. The number of nitrogens with zero attached hydrogens (tertiary/aromatic N) is 3. The second kappa shape index (κ2) is 70.1. The number of anilines is 2. The number of ketones is 2. The zero-order valence-electron chi connectivity index (χ0n) is 82.4. The summed E-state index contributed by atoms with van der Waals surface area (Å²) in [7, 11) is 0. The highest BCUT2D eigenvalue weighted by Crippen LogP contribution is 2.25.